The van der Waals surface area contributed by atoms with Crippen molar-refractivity contribution in [3.05, 3.63) is 106 Å². The summed E-state index contributed by atoms with van der Waals surface area (Å²) in [4.78, 5) is 36.8. The molecule has 0 aliphatic rings. The molecule has 0 unspecified atom stereocenters. The highest BCUT2D eigenvalue weighted by atomic mass is 16.5. The third-order valence-electron chi connectivity index (χ3n) is 6.39. The van der Waals surface area contributed by atoms with Crippen molar-refractivity contribution in [2.24, 2.45) is 0 Å². The second-order valence-corrected chi connectivity index (χ2v) is 8.79. The Morgan fingerprint density at radius 3 is 2.21 bits per heavy atom. The number of aromatic hydroxyl groups is 2. The minimum Gasteiger partial charge on any atom is -0.507 e. The van der Waals surface area contributed by atoms with E-state index in [1.54, 1.807) is 48.5 Å². The van der Waals surface area contributed by atoms with Gasteiger partial charge in [0.2, 0.25) is 0 Å². The molecule has 3 N–H and O–H groups in total. The van der Waals surface area contributed by atoms with Crippen molar-refractivity contribution >= 4 is 22.9 Å². The van der Waals surface area contributed by atoms with Gasteiger partial charge in [-0.05, 0) is 24.3 Å². The summed E-state index contributed by atoms with van der Waals surface area (Å²) < 4.78 is 17.0. The number of phenols is 2. The Bertz CT molecular complexity index is 1750. The number of ether oxygens (including phenoxy) is 1. The molecule has 0 saturated carbocycles. The number of phenolic OH excluding ortho intramolecular Hbond substituents is 2. The van der Waals surface area contributed by atoms with Gasteiger partial charge in [-0.3, -0.25) is 9.59 Å². The Labute approximate surface area is 221 Å². The summed E-state index contributed by atoms with van der Waals surface area (Å²) in [6.45, 7) is 0. The zero-order valence-electron chi connectivity index (χ0n) is 20.6. The van der Waals surface area contributed by atoms with E-state index in [1.807, 2.05) is 6.07 Å². The quantitative estimate of drug-likeness (QED) is 0.233. The SMILES string of the molecule is COC(=O)C[C@@H](c1ccc(-c2ccc(C(=O)O)cc2)o1)c1c(O)cc(O)c2c(=O)cc(-c3ccccc3)oc12. The van der Waals surface area contributed by atoms with Gasteiger partial charge in [-0.15, -0.1) is 0 Å². The fourth-order valence-electron chi connectivity index (χ4n) is 4.47. The number of aromatic carboxylic acids is 1. The van der Waals surface area contributed by atoms with Crippen LogP contribution in [0.1, 0.15) is 34.0 Å². The molecule has 5 rings (SSSR count). The Hall–Kier alpha value is -5.31. The zero-order chi connectivity index (χ0) is 27.7. The van der Waals surface area contributed by atoms with E-state index in [2.05, 4.69) is 0 Å². The molecule has 1 atom stereocenters. The molecular weight excluding hydrogens is 504 g/mol. The average Bonchev–Trinajstić information content (AvgIpc) is 3.42. The highest BCUT2D eigenvalue weighted by Crippen LogP contribution is 2.44. The van der Waals surface area contributed by atoms with E-state index in [0.717, 1.165) is 6.07 Å². The number of methoxy groups -OCH3 is 1. The number of carbonyl (C=O) groups is 2. The second kappa shape index (κ2) is 10.2. The van der Waals surface area contributed by atoms with Gasteiger partial charge in [0, 0.05) is 28.8 Å². The van der Waals surface area contributed by atoms with Crippen LogP contribution in [0.15, 0.2) is 92.5 Å². The largest absolute Gasteiger partial charge is 0.507 e. The Balaban J connectivity index is 1.70. The summed E-state index contributed by atoms with van der Waals surface area (Å²) in [6, 6.07) is 20.4. The van der Waals surface area contributed by atoms with Gasteiger partial charge in [-0.1, -0.05) is 42.5 Å². The number of rotatable bonds is 7. The lowest BCUT2D eigenvalue weighted by Crippen LogP contribution is -2.12. The van der Waals surface area contributed by atoms with E-state index in [-0.39, 0.29) is 40.0 Å². The average molecular weight is 526 g/mol. The standard InChI is InChI=1S/C30H22O9/c1-37-26(34)13-19(24-12-11-23(38-24)17-7-9-18(10-8-17)30(35)36)27-20(31)14-21(32)28-22(33)15-25(39-29(27)28)16-5-3-2-4-6-16/h2-12,14-15,19,31-32H,13H2,1H3,(H,35,36)/t19-/m0/s1. The minimum absolute atomic E-state index is 0.0604. The fourth-order valence-corrected chi connectivity index (χ4v) is 4.47. The number of carboxylic acid groups (broad SMARTS) is 1. The highest BCUT2D eigenvalue weighted by molar-refractivity contribution is 5.91. The van der Waals surface area contributed by atoms with Gasteiger partial charge >= 0.3 is 11.9 Å². The third-order valence-corrected chi connectivity index (χ3v) is 6.39. The third kappa shape index (κ3) is 4.85. The number of carbonyl (C=O) groups excluding carboxylic acids is 1. The van der Waals surface area contributed by atoms with E-state index >= 15 is 0 Å². The maximum Gasteiger partial charge on any atom is 0.335 e. The first kappa shape index (κ1) is 25.3. The maximum atomic E-state index is 13.1. The number of fused-ring (bicyclic) bond motifs is 1. The van der Waals surface area contributed by atoms with E-state index in [4.69, 9.17) is 18.7 Å². The molecule has 9 heteroatoms. The van der Waals surface area contributed by atoms with Gasteiger partial charge in [0.05, 0.1) is 25.0 Å². The van der Waals surface area contributed by atoms with Crippen LogP contribution in [0.25, 0.3) is 33.6 Å². The molecule has 0 radical (unpaired) electrons. The number of furan rings is 1. The minimum atomic E-state index is -1.06. The molecular formula is C30H22O9. The number of carboxylic acids is 1. The summed E-state index contributed by atoms with van der Waals surface area (Å²) in [6.07, 6.45) is -0.284. The molecule has 0 aliphatic carbocycles. The van der Waals surface area contributed by atoms with Crippen molar-refractivity contribution in [2.75, 3.05) is 7.11 Å². The van der Waals surface area contributed by atoms with E-state index in [1.165, 1.54) is 25.3 Å². The molecule has 0 saturated heterocycles. The Morgan fingerprint density at radius 2 is 1.54 bits per heavy atom. The molecule has 0 bridgehead atoms. The van der Waals surface area contributed by atoms with Crippen LogP contribution >= 0.6 is 0 Å². The number of esters is 1. The van der Waals surface area contributed by atoms with Crippen molar-refractivity contribution in [3.8, 4) is 34.1 Å². The van der Waals surface area contributed by atoms with Crippen molar-refractivity contribution in [2.45, 2.75) is 12.3 Å². The maximum absolute atomic E-state index is 13.1. The smallest absolute Gasteiger partial charge is 0.335 e. The summed E-state index contributed by atoms with van der Waals surface area (Å²) >= 11 is 0. The molecule has 2 heterocycles. The van der Waals surface area contributed by atoms with Crippen molar-refractivity contribution in [3.63, 3.8) is 0 Å². The van der Waals surface area contributed by atoms with Gasteiger partial charge in [0.25, 0.3) is 0 Å². The number of benzene rings is 3. The van der Waals surface area contributed by atoms with Crippen LogP contribution in [0.2, 0.25) is 0 Å². The molecule has 0 amide bonds. The predicted molar refractivity (Wildman–Crippen MR) is 141 cm³/mol. The molecule has 2 aromatic heterocycles. The monoisotopic (exact) mass is 526 g/mol. The van der Waals surface area contributed by atoms with Gasteiger partial charge in [0.15, 0.2) is 5.43 Å². The summed E-state index contributed by atoms with van der Waals surface area (Å²) in [7, 11) is 1.22. The molecule has 196 valence electrons. The van der Waals surface area contributed by atoms with Gasteiger partial charge in [0.1, 0.15) is 39.7 Å². The molecule has 9 nitrogen and oxygen atoms in total. The summed E-state index contributed by atoms with van der Waals surface area (Å²) in [5.74, 6) is -2.71. The molecule has 0 fully saturated rings. The lowest BCUT2D eigenvalue weighted by Gasteiger charge is -2.18. The van der Waals surface area contributed by atoms with Crippen LogP contribution < -0.4 is 5.43 Å². The van der Waals surface area contributed by atoms with E-state index in [0.29, 0.717) is 16.9 Å². The Kier molecular flexibility index (Phi) is 6.64. The highest BCUT2D eigenvalue weighted by Gasteiger charge is 2.30. The van der Waals surface area contributed by atoms with Crippen LogP contribution in [-0.2, 0) is 9.53 Å². The van der Waals surface area contributed by atoms with E-state index in [9.17, 15) is 24.6 Å². The lowest BCUT2D eigenvalue weighted by atomic mass is 9.90. The molecule has 39 heavy (non-hydrogen) atoms. The Morgan fingerprint density at radius 1 is 0.846 bits per heavy atom. The van der Waals surface area contributed by atoms with Crippen molar-refractivity contribution < 1.29 is 38.5 Å². The summed E-state index contributed by atoms with van der Waals surface area (Å²) in [5.41, 5.74) is 0.713. The van der Waals surface area contributed by atoms with Crippen LogP contribution in [-0.4, -0.2) is 34.4 Å². The normalized spacial score (nSPS) is 11.8. The van der Waals surface area contributed by atoms with Crippen LogP contribution in [0.4, 0.5) is 0 Å². The molecule has 5 aromatic rings. The van der Waals surface area contributed by atoms with Crippen LogP contribution in [0.3, 0.4) is 0 Å². The first-order valence-electron chi connectivity index (χ1n) is 11.8. The van der Waals surface area contributed by atoms with Gasteiger partial charge in [-0.2, -0.15) is 0 Å². The number of hydrogen-bond donors (Lipinski definition) is 3. The van der Waals surface area contributed by atoms with Crippen molar-refractivity contribution in [1.29, 1.82) is 0 Å². The lowest BCUT2D eigenvalue weighted by molar-refractivity contribution is -0.140. The van der Waals surface area contributed by atoms with Gasteiger partial charge in [-0.25, -0.2) is 4.79 Å². The summed E-state index contributed by atoms with van der Waals surface area (Å²) in [5, 5.41) is 30.5. The topological polar surface area (TPSA) is 147 Å². The first-order chi connectivity index (χ1) is 18.8. The second-order valence-electron chi connectivity index (χ2n) is 8.79. The predicted octanol–water partition coefficient (Wildman–Crippen LogP) is 5.52. The zero-order valence-corrected chi connectivity index (χ0v) is 20.6. The fraction of sp³-hybridized carbons (Fsp3) is 0.100. The van der Waals surface area contributed by atoms with Crippen molar-refractivity contribution in [1.82, 2.24) is 0 Å². The number of hydrogen-bond acceptors (Lipinski definition) is 8. The molecule has 0 aliphatic heterocycles. The van der Waals surface area contributed by atoms with E-state index < -0.39 is 34.8 Å². The van der Waals surface area contributed by atoms with Crippen LogP contribution in [0, 0.1) is 0 Å². The van der Waals surface area contributed by atoms with Crippen LogP contribution in [0.5, 0.6) is 11.5 Å². The first-order valence-corrected chi connectivity index (χ1v) is 11.8. The molecule has 0 spiro atoms. The van der Waals surface area contributed by atoms with Gasteiger partial charge < -0.3 is 28.9 Å². The molecule has 3 aromatic carbocycles.